The smallest absolute Gasteiger partial charge is 0.346 e. The molecule has 3 aromatic heterocycles. The Balaban J connectivity index is 1.37. The Morgan fingerprint density at radius 3 is 2.53 bits per heavy atom. The summed E-state index contributed by atoms with van der Waals surface area (Å²) in [5.74, 6) is 0.747. The summed E-state index contributed by atoms with van der Waals surface area (Å²) in [7, 11) is 0. The van der Waals surface area contributed by atoms with Crippen molar-refractivity contribution in [2.24, 2.45) is 0 Å². The first-order chi connectivity index (χ1) is 17.6. The standard InChI is InChI=1S/C27H25N3O3S3/c1-2-3-4-7-14-32-17-10-12-18(13-11-17)33-26(31)20(24-29-21-8-5-6-9-22(21)35-24)15-19-16-23-25(34-19)30-27(28)36-23/h5-6,8-13,15-16H,2-4,7,14H2,1H3,(H2,28,30)/b20-15+. The molecule has 5 rings (SSSR count). The van der Waals surface area contributed by atoms with Crippen molar-refractivity contribution in [3.05, 3.63) is 64.5 Å². The van der Waals surface area contributed by atoms with Gasteiger partial charge in [0, 0.05) is 4.88 Å². The Labute approximate surface area is 221 Å². The number of benzene rings is 2. The number of nitrogens with two attached hydrogens (primary N) is 1. The van der Waals surface area contributed by atoms with E-state index in [9.17, 15) is 4.79 Å². The average molecular weight is 536 g/mol. The van der Waals surface area contributed by atoms with Gasteiger partial charge in [0.1, 0.15) is 21.3 Å². The van der Waals surface area contributed by atoms with Gasteiger partial charge in [0.25, 0.3) is 0 Å². The SMILES string of the molecule is CCCCCCOc1ccc(OC(=O)/C(=C/c2cc3sc(N)nc3s2)c2nc3ccccc3s2)cc1. The van der Waals surface area contributed by atoms with Gasteiger partial charge in [-0.15, -0.1) is 22.7 Å². The number of hydrogen-bond donors (Lipinski definition) is 1. The van der Waals surface area contributed by atoms with E-state index in [2.05, 4.69) is 11.9 Å². The van der Waals surface area contributed by atoms with Gasteiger partial charge in [-0.2, -0.15) is 0 Å². The Morgan fingerprint density at radius 1 is 0.944 bits per heavy atom. The van der Waals surface area contributed by atoms with E-state index in [-0.39, 0.29) is 0 Å². The van der Waals surface area contributed by atoms with E-state index in [0.717, 1.165) is 36.8 Å². The second-order valence-electron chi connectivity index (χ2n) is 8.19. The first kappa shape index (κ1) is 24.4. The summed E-state index contributed by atoms with van der Waals surface area (Å²) in [4.78, 5) is 24.2. The number of esters is 1. The molecule has 2 N–H and O–H groups in total. The molecule has 0 saturated carbocycles. The molecule has 2 aromatic carbocycles. The van der Waals surface area contributed by atoms with Crippen molar-refractivity contribution in [2.45, 2.75) is 32.6 Å². The Bertz CT molecular complexity index is 1450. The normalized spacial score (nSPS) is 11.9. The summed E-state index contributed by atoms with van der Waals surface area (Å²) in [5, 5.41) is 1.14. The van der Waals surface area contributed by atoms with Gasteiger partial charge < -0.3 is 15.2 Å². The summed E-state index contributed by atoms with van der Waals surface area (Å²) in [6, 6.07) is 17.0. The van der Waals surface area contributed by atoms with Crippen molar-refractivity contribution >= 4 is 76.5 Å². The molecule has 0 aliphatic rings. The number of nitrogens with zero attached hydrogens (tertiary/aromatic N) is 2. The number of hydrogen-bond acceptors (Lipinski definition) is 9. The lowest BCUT2D eigenvalue weighted by molar-refractivity contribution is -0.127. The third-order valence-electron chi connectivity index (χ3n) is 5.46. The lowest BCUT2D eigenvalue weighted by atomic mass is 10.2. The van der Waals surface area contributed by atoms with Crippen LogP contribution >= 0.6 is 34.0 Å². The minimum atomic E-state index is -0.466. The van der Waals surface area contributed by atoms with Crippen LogP contribution in [0.3, 0.4) is 0 Å². The number of unbranched alkanes of at least 4 members (excludes halogenated alkanes) is 3. The largest absolute Gasteiger partial charge is 0.494 e. The Hall–Kier alpha value is -3.27. The molecule has 0 atom stereocenters. The number of carbonyl (C=O) groups excluding carboxylic acids is 1. The number of thiazole rings is 2. The quantitative estimate of drug-likeness (QED) is 0.0855. The molecule has 0 saturated heterocycles. The highest BCUT2D eigenvalue weighted by atomic mass is 32.1. The molecule has 6 nitrogen and oxygen atoms in total. The van der Waals surface area contributed by atoms with Gasteiger partial charge in [-0.1, -0.05) is 49.7 Å². The maximum Gasteiger partial charge on any atom is 0.346 e. The van der Waals surface area contributed by atoms with Gasteiger partial charge in [-0.25, -0.2) is 14.8 Å². The van der Waals surface area contributed by atoms with Gasteiger partial charge in [0.2, 0.25) is 0 Å². The zero-order valence-electron chi connectivity index (χ0n) is 19.7. The molecule has 0 radical (unpaired) electrons. The number of fused-ring (bicyclic) bond motifs is 2. The summed E-state index contributed by atoms with van der Waals surface area (Å²) in [6.07, 6.45) is 6.44. The molecule has 0 unspecified atom stereocenters. The molecule has 9 heteroatoms. The number of ether oxygens (including phenoxy) is 2. The number of carbonyl (C=O) groups is 1. The minimum Gasteiger partial charge on any atom is -0.494 e. The molecule has 0 fully saturated rings. The second kappa shape index (κ2) is 11.2. The number of para-hydroxylation sites is 1. The van der Waals surface area contributed by atoms with Crippen molar-refractivity contribution in [1.29, 1.82) is 0 Å². The molecule has 5 aromatic rings. The van der Waals surface area contributed by atoms with Gasteiger partial charge in [0.15, 0.2) is 5.13 Å². The molecule has 0 bridgehead atoms. The van der Waals surface area contributed by atoms with Crippen LogP contribution < -0.4 is 15.2 Å². The minimum absolute atomic E-state index is 0.398. The summed E-state index contributed by atoms with van der Waals surface area (Å²) < 4.78 is 13.6. The summed E-state index contributed by atoms with van der Waals surface area (Å²) >= 11 is 4.37. The fourth-order valence-electron chi connectivity index (χ4n) is 3.66. The number of anilines is 1. The van der Waals surface area contributed by atoms with E-state index < -0.39 is 5.97 Å². The highest BCUT2D eigenvalue weighted by Gasteiger charge is 2.20. The molecule has 0 aliphatic carbocycles. The lowest BCUT2D eigenvalue weighted by Gasteiger charge is -2.08. The third kappa shape index (κ3) is 5.75. The maximum absolute atomic E-state index is 13.4. The molecule has 36 heavy (non-hydrogen) atoms. The van der Waals surface area contributed by atoms with E-state index >= 15 is 0 Å². The lowest BCUT2D eigenvalue weighted by Crippen LogP contribution is -2.10. The molecule has 0 aliphatic heterocycles. The van der Waals surface area contributed by atoms with E-state index in [0.29, 0.717) is 28.1 Å². The van der Waals surface area contributed by atoms with E-state index in [1.807, 2.05) is 48.5 Å². The third-order valence-corrected chi connectivity index (χ3v) is 8.46. The van der Waals surface area contributed by atoms with Crippen LogP contribution in [0.2, 0.25) is 0 Å². The Kier molecular flexibility index (Phi) is 7.60. The van der Waals surface area contributed by atoms with E-state index in [1.165, 1.54) is 53.3 Å². The second-order valence-corrected chi connectivity index (χ2v) is 11.3. The van der Waals surface area contributed by atoms with Gasteiger partial charge >= 0.3 is 5.97 Å². The number of rotatable bonds is 10. The van der Waals surface area contributed by atoms with Gasteiger partial charge in [-0.3, -0.25) is 0 Å². The highest BCUT2D eigenvalue weighted by molar-refractivity contribution is 7.29. The number of thiophene rings is 1. The topological polar surface area (TPSA) is 87.3 Å². The van der Waals surface area contributed by atoms with Crippen molar-refractivity contribution in [2.75, 3.05) is 12.3 Å². The fraction of sp³-hybridized carbons (Fsp3) is 0.222. The van der Waals surface area contributed by atoms with Crippen molar-refractivity contribution in [3.8, 4) is 11.5 Å². The molecule has 184 valence electrons. The van der Waals surface area contributed by atoms with Crippen molar-refractivity contribution < 1.29 is 14.3 Å². The van der Waals surface area contributed by atoms with Crippen LogP contribution in [0.15, 0.2) is 54.6 Å². The van der Waals surface area contributed by atoms with E-state index in [1.54, 1.807) is 12.1 Å². The van der Waals surface area contributed by atoms with Gasteiger partial charge in [0.05, 0.1) is 27.1 Å². The Morgan fingerprint density at radius 2 is 1.75 bits per heavy atom. The summed E-state index contributed by atoms with van der Waals surface area (Å²) in [6.45, 7) is 2.87. The van der Waals surface area contributed by atoms with Crippen LogP contribution in [0.4, 0.5) is 5.13 Å². The molecular weight excluding hydrogens is 511 g/mol. The van der Waals surface area contributed by atoms with Crippen LogP contribution in [0, 0.1) is 0 Å². The highest BCUT2D eigenvalue weighted by Crippen LogP contribution is 2.35. The van der Waals surface area contributed by atoms with Crippen LogP contribution in [0.25, 0.3) is 31.4 Å². The number of nitrogen functional groups attached to an aromatic ring is 1. The molecular formula is C27H25N3O3S3. The molecule has 0 spiro atoms. The molecule has 3 heterocycles. The maximum atomic E-state index is 13.4. The summed E-state index contributed by atoms with van der Waals surface area (Å²) in [5.41, 5.74) is 7.06. The first-order valence-corrected chi connectivity index (χ1v) is 14.2. The van der Waals surface area contributed by atoms with Crippen LogP contribution in [0.1, 0.15) is 42.5 Å². The molecule has 0 amide bonds. The predicted molar refractivity (Wildman–Crippen MR) is 151 cm³/mol. The monoisotopic (exact) mass is 535 g/mol. The number of aromatic nitrogens is 2. The first-order valence-electron chi connectivity index (χ1n) is 11.8. The van der Waals surface area contributed by atoms with Crippen molar-refractivity contribution in [1.82, 2.24) is 9.97 Å². The zero-order valence-corrected chi connectivity index (χ0v) is 22.2. The van der Waals surface area contributed by atoms with E-state index in [4.69, 9.17) is 20.2 Å². The van der Waals surface area contributed by atoms with Crippen molar-refractivity contribution in [3.63, 3.8) is 0 Å². The van der Waals surface area contributed by atoms with Crippen LogP contribution in [-0.2, 0) is 4.79 Å². The van der Waals surface area contributed by atoms with Crippen LogP contribution in [0.5, 0.6) is 11.5 Å². The predicted octanol–water partition coefficient (Wildman–Crippen LogP) is 7.66. The fourth-order valence-corrected chi connectivity index (χ4v) is 6.58. The average Bonchev–Trinajstić information content (AvgIpc) is 3.55. The van der Waals surface area contributed by atoms with Crippen LogP contribution in [-0.4, -0.2) is 22.5 Å². The zero-order chi connectivity index (χ0) is 24.9. The van der Waals surface area contributed by atoms with Gasteiger partial charge in [-0.05, 0) is 55.0 Å².